The quantitative estimate of drug-likeness (QED) is 0.297. The minimum atomic E-state index is -0.0632. The van der Waals surface area contributed by atoms with Crippen LogP contribution in [0.4, 0.5) is 0 Å². The standard InChI is InChI=1S/C11H14OS.C7H15N.C7H16.C6H6.C2H6.C2H4/c1-11(13)6-2-3-8-4-5-9(12)7-10(8)11;1-7-3-5-8(2)6-4-7;1-4-6-7(3)5-2;1-2-4-6-5-3-1;2*1-2/h4-5,7,12-13H,2-3,6H2,1H3;7H,3-6H2,1-2H3;7H,4-6H2,1-3H3;1-6H;1-2H3;1-2H2. The Hall–Kier alpha value is -1.71. The minimum absolute atomic E-state index is 0.0632. The van der Waals surface area contributed by atoms with E-state index in [-0.39, 0.29) is 4.75 Å². The number of likely N-dealkylation sites (tertiary alicyclic amines) is 1. The van der Waals surface area contributed by atoms with Gasteiger partial charge in [0, 0.05) is 4.75 Å². The smallest absolute Gasteiger partial charge is 0.115 e. The Morgan fingerprint density at radius 2 is 1.53 bits per heavy atom. The third kappa shape index (κ3) is 18.5. The molecule has 0 radical (unpaired) electrons. The van der Waals surface area contributed by atoms with E-state index >= 15 is 0 Å². The topological polar surface area (TPSA) is 23.5 Å². The average molecular weight is 544 g/mol. The third-order valence-corrected chi connectivity index (χ3v) is 7.40. The summed E-state index contributed by atoms with van der Waals surface area (Å²) in [5.74, 6) is 2.28. The SMILES string of the molecule is C=C.CC.CC1(S)CCCc2ccc(O)cc21.CC1CCN(C)CC1.CCCC(C)CC.c1ccccc1. The van der Waals surface area contributed by atoms with E-state index in [4.69, 9.17) is 0 Å². The number of aromatic hydroxyl groups is 1. The second-order valence-corrected chi connectivity index (χ2v) is 11.4. The van der Waals surface area contributed by atoms with Crippen LogP contribution in [0.15, 0.2) is 67.8 Å². The fourth-order valence-electron chi connectivity index (χ4n) is 4.26. The first-order chi connectivity index (χ1) is 18.2. The van der Waals surface area contributed by atoms with Gasteiger partial charge in [0.25, 0.3) is 0 Å². The average Bonchev–Trinajstić information content (AvgIpc) is 2.95. The molecule has 0 aromatic heterocycles. The van der Waals surface area contributed by atoms with Crippen LogP contribution in [0, 0.1) is 11.8 Å². The van der Waals surface area contributed by atoms with E-state index < -0.39 is 0 Å². The lowest BCUT2D eigenvalue weighted by molar-refractivity contribution is 0.230. The molecule has 0 spiro atoms. The van der Waals surface area contributed by atoms with Crippen LogP contribution in [-0.2, 0) is 11.2 Å². The molecule has 1 fully saturated rings. The van der Waals surface area contributed by atoms with E-state index in [2.05, 4.69) is 72.4 Å². The maximum atomic E-state index is 9.39. The normalized spacial score (nSPS) is 18.9. The molecular formula is C35H61NOS. The van der Waals surface area contributed by atoms with E-state index in [1.807, 2.05) is 62.4 Å². The molecule has 1 saturated heterocycles. The second-order valence-electron chi connectivity index (χ2n) is 10.4. The van der Waals surface area contributed by atoms with Crippen LogP contribution in [-0.4, -0.2) is 30.1 Å². The highest BCUT2D eigenvalue weighted by Crippen LogP contribution is 2.41. The minimum Gasteiger partial charge on any atom is -0.508 e. The van der Waals surface area contributed by atoms with Crippen molar-refractivity contribution in [2.45, 2.75) is 105 Å². The molecule has 1 aliphatic carbocycles. The summed E-state index contributed by atoms with van der Waals surface area (Å²) in [6.07, 6.45) is 10.3. The van der Waals surface area contributed by atoms with Crippen LogP contribution >= 0.6 is 12.6 Å². The Labute approximate surface area is 243 Å². The molecule has 38 heavy (non-hydrogen) atoms. The largest absolute Gasteiger partial charge is 0.508 e. The summed E-state index contributed by atoms with van der Waals surface area (Å²) in [6, 6.07) is 17.6. The van der Waals surface area contributed by atoms with Crippen molar-refractivity contribution in [1.82, 2.24) is 4.90 Å². The second kappa shape index (κ2) is 24.3. The van der Waals surface area contributed by atoms with Gasteiger partial charge in [-0.1, -0.05) is 103 Å². The van der Waals surface area contributed by atoms with Gasteiger partial charge in [-0.3, -0.25) is 0 Å². The maximum Gasteiger partial charge on any atom is 0.115 e. The van der Waals surface area contributed by atoms with Gasteiger partial charge in [-0.25, -0.2) is 0 Å². The fourth-order valence-corrected chi connectivity index (χ4v) is 4.63. The molecule has 3 heteroatoms. The first-order valence-electron chi connectivity index (χ1n) is 14.9. The summed E-state index contributed by atoms with van der Waals surface area (Å²) >= 11 is 4.63. The number of aryl methyl sites for hydroxylation is 1. The van der Waals surface area contributed by atoms with E-state index in [9.17, 15) is 5.11 Å². The Bertz CT molecular complexity index is 732. The van der Waals surface area contributed by atoms with Crippen LogP contribution < -0.4 is 0 Å². The molecule has 1 aliphatic heterocycles. The van der Waals surface area contributed by atoms with Crippen molar-refractivity contribution in [3.8, 4) is 5.75 Å². The Kier molecular flexibility index (Phi) is 24.6. The molecule has 2 atom stereocenters. The number of phenolic OH excluding ortho intramolecular Hbond substituents is 1. The van der Waals surface area contributed by atoms with Crippen molar-refractivity contribution < 1.29 is 5.11 Å². The van der Waals surface area contributed by atoms with Gasteiger partial charge in [0.15, 0.2) is 0 Å². The molecule has 2 nitrogen and oxygen atoms in total. The number of hydrogen-bond donors (Lipinski definition) is 2. The predicted octanol–water partition coefficient (Wildman–Crippen LogP) is 10.6. The van der Waals surface area contributed by atoms with Gasteiger partial charge in [-0.2, -0.15) is 12.6 Å². The van der Waals surface area contributed by atoms with Gasteiger partial charge in [-0.05, 0) is 94.3 Å². The Morgan fingerprint density at radius 3 is 1.92 bits per heavy atom. The Balaban J connectivity index is 0. The molecule has 0 bridgehead atoms. The van der Waals surface area contributed by atoms with Gasteiger partial charge in [0.1, 0.15) is 5.75 Å². The van der Waals surface area contributed by atoms with Crippen molar-refractivity contribution >= 4 is 12.6 Å². The van der Waals surface area contributed by atoms with Crippen molar-refractivity contribution in [2.75, 3.05) is 20.1 Å². The lowest BCUT2D eigenvalue weighted by Crippen LogP contribution is -2.28. The van der Waals surface area contributed by atoms with Crippen LogP contribution in [0.2, 0.25) is 0 Å². The van der Waals surface area contributed by atoms with Crippen LogP contribution in [0.3, 0.4) is 0 Å². The highest BCUT2D eigenvalue weighted by Gasteiger charge is 2.28. The number of hydrogen-bond acceptors (Lipinski definition) is 3. The lowest BCUT2D eigenvalue weighted by Gasteiger charge is -2.31. The van der Waals surface area contributed by atoms with Crippen LogP contribution in [0.25, 0.3) is 0 Å². The highest BCUT2D eigenvalue weighted by molar-refractivity contribution is 7.81. The molecule has 4 rings (SSSR count). The summed E-state index contributed by atoms with van der Waals surface area (Å²) in [5.41, 5.74) is 2.53. The molecule has 218 valence electrons. The number of thiol groups is 1. The predicted molar refractivity (Wildman–Crippen MR) is 177 cm³/mol. The first-order valence-corrected chi connectivity index (χ1v) is 15.4. The van der Waals surface area contributed by atoms with Gasteiger partial charge < -0.3 is 10.0 Å². The van der Waals surface area contributed by atoms with Gasteiger partial charge >= 0.3 is 0 Å². The van der Waals surface area contributed by atoms with E-state index in [1.54, 1.807) is 6.07 Å². The fraction of sp³-hybridized carbons (Fsp3) is 0.600. The molecule has 0 saturated carbocycles. The van der Waals surface area contributed by atoms with Crippen LogP contribution in [0.5, 0.6) is 5.75 Å². The zero-order chi connectivity index (χ0) is 29.4. The summed E-state index contributed by atoms with van der Waals surface area (Å²) in [4.78, 5) is 2.40. The maximum absolute atomic E-state index is 9.39. The first kappa shape index (κ1) is 38.4. The number of fused-ring (bicyclic) bond motifs is 1. The zero-order valence-corrected chi connectivity index (χ0v) is 27.1. The molecule has 2 aromatic rings. The van der Waals surface area contributed by atoms with Crippen molar-refractivity contribution in [3.63, 3.8) is 0 Å². The summed E-state index contributed by atoms with van der Waals surface area (Å²) in [6.45, 7) is 23.9. The van der Waals surface area contributed by atoms with E-state index in [1.165, 1.54) is 62.7 Å². The van der Waals surface area contributed by atoms with E-state index in [0.29, 0.717) is 5.75 Å². The number of nitrogens with zero attached hydrogens (tertiary/aromatic N) is 1. The molecule has 0 amide bonds. The number of piperidine rings is 1. The monoisotopic (exact) mass is 543 g/mol. The third-order valence-electron chi connectivity index (χ3n) is 6.94. The van der Waals surface area contributed by atoms with Crippen molar-refractivity contribution in [1.29, 1.82) is 0 Å². The number of phenols is 1. The van der Waals surface area contributed by atoms with Gasteiger partial charge in [-0.15, -0.1) is 13.2 Å². The highest BCUT2D eigenvalue weighted by atomic mass is 32.1. The zero-order valence-electron chi connectivity index (χ0n) is 26.2. The number of rotatable bonds is 3. The molecule has 2 aliphatic rings. The molecule has 1 heterocycles. The van der Waals surface area contributed by atoms with Crippen molar-refractivity contribution in [2.24, 2.45) is 11.8 Å². The van der Waals surface area contributed by atoms with Gasteiger partial charge in [0.05, 0.1) is 0 Å². The molecular weight excluding hydrogens is 482 g/mol. The Morgan fingerprint density at radius 1 is 1.03 bits per heavy atom. The lowest BCUT2D eigenvalue weighted by atomic mass is 9.83. The number of benzene rings is 2. The molecule has 2 aromatic carbocycles. The van der Waals surface area contributed by atoms with E-state index in [0.717, 1.165) is 24.7 Å². The summed E-state index contributed by atoms with van der Waals surface area (Å²) in [5, 5.41) is 9.39. The molecule has 1 N–H and O–H groups in total. The van der Waals surface area contributed by atoms with Crippen LogP contribution in [0.1, 0.15) is 105 Å². The molecule has 2 unspecified atom stereocenters. The van der Waals surface area contributed by atoms with Gasteiger partial charge in [0.2, 0.25) is 0 Å². The summed E-state index contributed by atoms with van der Waals surface area (Å²) in [7, 11) is 2.20. The summed E-state index contributed by atoms with van der Waals surface area (Å²) < 4.78 is -0.0632. The van der Waals surface area contributed by atoms with Crippen molar-refractivity contribution in [3.05, 3.63) is 78.9 Å².